The molecule has 0 saturated heterocycles. The molecule has 0 saturated carbocycles. The zero-order chi connectivity index (χ0) is 17.5. The molecule has 124 valence electrons. The van der Waals surface area contributed by atoms with Crippen LogP contribution in [0.3, 0.4) is 0 Å². The summed E-state index contributed by atoms with van der Waals surface area (Å²) in [5.74, 6) is -0.205. The largest absolute Gasteiger partial charge is 0.507 e. The van der Waals surface area contributed by atoms with Gasteiger partial charge in [-0.2, -0.15) is 0 Å². The van der Waals surface area contributed by atoms with Gasteiger partial charge < -0.3 is 10.4 Å². The minimum Gasteiger partial charge on any atom is -0.507 e. The van der Waals surface area contributed by atoms with E-state index in [0.29, 0.717) is 5.56 Å². The number of benzene rings is 2. The Kier molecular flexibility index (Phi) is 3.75. The van der Waals surface area contributed by atoms with Gasteiger partial charge in [-0.05, 0) is 31.5 Å². The van der Waals surface area contributed by atoms with Gasteiger partial charge in [0.2, 0.25) is 0 Å². The quantitative estimate of drug-likeness (QED) is 0.641. The molecular weight excluding hydrogens is 298 g/mol. The molecule has 3 nitrogen and oxygen atoms in total. The van der Waals surface area contributed by atoms with Crippen molar-refractivity contribution in [2.75, 3.05) is 0 Å². The highest BCUT2D eigenvalue weighted by atomic mass is 16.3. The fourth-order valence-corrected chi connectivity index (χ4v) is 3.16. The maximum Gasteiger partial charge on any atom is 0.191 e. The van der Waals surface area contributed by atoms with Crippen LogP contribution in [0.1, 0.15) is 49.2 Å². The van der Waals surface area contributed by atoms with Gasteiger partial charge in [-0.25, -0.2) is 0 Å². The third kappa shape index (κ3) is 2.50. The van der Waals surface area contributed by atoms with Gasteiger partial charge in [0.1, 0.15) is 5.75 Å². The molecule has 3 heteroatoms. The molecule has 1 aliphatic rings. The number of carbonyl (C=O) groups excluding carboxylic acids is 1. The number of phenols is 1. The molecule has 3 rings (SSSR count). The van der Waals surface area contributed by atoms with Crippen LogP contribution in [0.5, 0.6) is 5.75 Å². The SMILES string of the molecule is CC1(C)N/C(=C\C(=O)c2ccccc2O)c2ccccc2C1(C)C. The predicted octanol–water partition coefficient (Wildman–Crippen LogP) is 4.28. The second-order valence-electron chi connectivity index (χ2n) is 7.36. The van der Waals surface area contributed by atoms with E-state index in [1.807, 2.05) is 18.2 Å². The van der Waals surface area contributed by atoms with E-state index in [4.69, 9.17) is 0 Å². The Labute approximate surface area is 143 Å². The van der Waals surface area contributed by atoms with E-state index in [2.05, 4.69) is 39.1 Å². The molecular formula is C21H23NO2. The van der Waals surface area contributed by atoms with Crippen molar-refractivity contribution >= 4 is 11.5 Å². The fourth-order valence-electron chi connectivity index (χ4n) is 3.16. The number of nitrogens with one attached hydrogen (secondary N) is 1. The number of carbonyl (C=O) groups is 1. The van der Waals surface area contributed by atoms with E-state index >= 15 is 0 Å². The monoisotopic (exact) mass is 321 g/mol. The topological polar surface area (TPSA) is 49.3 Å². The van der Waals surface area contributed by atoms with Crippen molar-refractivity contribution in [3.8, 4) is 5.75 Å². The first-order chi connectivity index (χ1) is 11.2. The van der Waals surface area contributed by atoms with E-state index in [1.54, 1.807) is 24.3 Å². The van der Waals surface area contributed by atoms with Crippen molar-refractivity contribution in [2.24, 2.45) is 0 Å². The minimum atomic E-state index is -0.216. The van der Waals surface area contributed by atoms with Crippen LogP contribution in [0, 0.1) is 0 Å². The summed E-state index contributed by atoms with van der Waals surface area (Å²) in [5.41, 5.74) is 3.05. The van der Waals surface area contributed by atoms with E-state index in [0.717, 1.165) is 11.3 Å². The average Bonchev–Trinajstić information content (AvgIpc) is 2.53. The first kappa shape index (κ1) is 16.3. The number of aromatic hydroxyl groups is 1. The number of hydrogen-bond acceptors (Lipinski definition) is 3. The normalized spacial score (nSPS) is 19.4. The number of rotatable bonds is 2. The molecule has 2 aromatic rings. The maximum atomic E-state index is 12.6. The van der Waals surface area contributed by atoms with Crippen LogP contribution in [0.15, 0.2) is 54.6 Å². The fraction of sp³-hybridized carbons (Fsp3) is 0.286. The van der Waals surface area contributed by atoms with Crippen molar-refractivity contribution in [3.05, 3.63) is 71.3 Å². The van der Waals surface area contributed by atoms with Gasteiger partial charge in [-0.1, -0.05) is 50.2 Å². The van der Waals surface area contributed by atoms with Crippen LogP contribution >= 0.6 is 0 Å². The Bertz CT molecular complexity index is 831. The summed E-state index contributed by atoms with van der Waals surface area (Å²) in [6.07, 6.45) is 1.59. The molecule has 0 fully saturated rings. The molecule has 0 radical (unpaired) electrons. The Morgan fingerprint density at radius 2 is 1.62 bits per heavy atom. The molecule has 0 aliphatic carbocycles. The van der Waals surface area contributed by atoms with Crippen LogP contribution in [-0.2, 0) is 5.41 Å². The second kappa shape index (κ2) is 5.52. The van der Waals surface area contributed by atoms with Gasteiger partial charge in [0.25, 0.3) is 0 Å². The van der Waals surface area contributed by atoms with Crippen molar-refractivity contribution in [3.63, 3.8) is 0 Å². The maximum absolute atomic E-state index is 12.6. The van der Waals surface area contributed by atoms with Gasteiger partial charge in [-0.3, -0.25) is 4.79 Å². The molecule has 0 bridgehead atoms. The van der Waals surface area contributed by atoms with Crippen LogP contribution in [0.25, 0.3) is 5.70 Å². The zero-order valence-electron chi connectivity index (χ0n) is 14.6. The molecule has 0 spiro atoms. The van der Waals surface area contributed by atoms with E-state index in [1.165, 1.54) is 11.6 Å². The molecule has 2 aromatic carbocycles. The smallest absolute Gasteiger partial charge is 0.191 e. The van der Waals surface area contributed by atoms with Crippen LogP contribution in [0.4, 0.5) is 0 Å². The third-order valence-corrected chi connectivity index (χ3v) is 5.35. The van der Waals surface area contributed by atoms with Gasteiger partial charge in [0, 0.05) is 28.3 Å². The van der Waals surface area contributed by atoms with Crippen molar-refractivity contribution < 1.29 is 9.90 Å². The van der Waals surface area contributed by atoms with Gasteiger partial charge >= 0.3 is 0 Å². The molecule has 24 heavy (non-hydrogen) atoms. The van der Waals surface area contributed by atoms with Crippen molar-refractivity contribution in [1.82, 2.24) is 5.32 Å². The number of para-hydroxylation sites is 1. The van der Waals surface area contributed by atoms with E-state index in [9.17, 15) is 9.90 Å². The molecule has 0 aromatic heterocycles. The Morgan fingerprint density at radius 3 is 2.33 bits per heavy atom. The molecule has 2 N–H and O–H groups in total. The van der Waals surface area contributed by atoms with E-state index in [-0.39, 0.29) is 22.5 Å². The summed E-state index contributed by atoms with van der Waals surface area (Å²) in [7, 11) is 0. The highest BCUT2D eigenvalue weighted by molar-refractivity contribution is 6.10. The Morgan fingerprint density at radius 1 is 1.00 bits per heavy atom. The lowest BCUT2D eigenvalue weighted by atomic mass is 9.65. The highest BCUT2D eigenvalue weighted by Crippen LogP contribution is 2.43. The third-order valence-electron chi connectivity index (χ3n) is 5.35. The molecule has 1 aliphatic heterocycles. The summed E-state index contributed by atoms with van der Waals surface area (Å²) in [6, 6.07) is 14.8. The molecule has 0 amide bonds. The lowest BCUT2D eigenvalue weighted by Gasteiger charge is -2.49. The Hall–Kier alpha value is -2.55. The standard InChI is InChI=1S/C21H23NO2/c1-20(2)16-11-7-5-9-14(16)17(22-21(20,3)4)13-19(24)15-10-6-8-12-18(15)23/h5-13,22-23H,1-4H3/b17-13-. The molecule has 1 heterocycles. The minimum absolute atomic E-state index is 0.00281. The predicted molar refractivity (Wildman–Crippen MR) is 97.1 cm³/mol. The molecule has 0 atom stereocenters. The number of phenolic OH excluding ortho intramolecular Hbond substituents is 1. The summed E-state index contributed by atoms with van der Waals surface area (Å²) in [4.78, 5) is 12.6. The molecule has 0 unspecified atom stereocenters. The second-order valence-corrected chi connectivity index (χ2v) is 7.36. The zero-order valence-corrected chi connectivity index (χ0v) is 14.6. The van der Waals surface area contributed by atoms with Crippen molar-refractivity contribution in [2.45, 2.75) is 38.6 Å². The summed E-state index contributed by atoms with van der Waals surface area (Å²) in [5, 5.41) is 13.4. The number of fused-ring (bicyclic) bond motifs is 1. The number of ketones is 1. The average molecular weight is 321 g/mol. The van der Waals surface area contributed by atoms with Gasteiger partial charge in [0.15, 0.2) is 5.78 Å². The number of hydrogen-bond donors (Lipinski definition) is 2. The van der Waals surface area contributed by atoms with E-state index < -0.39 is 0 Å². The first-order valence-electron chi connectivity index (χ1n) is 8.16. The number of allylic oxidation sites excluding steroid dienone is 1. The Balaban J connectivity index is 2.12. The van der Waals surface area contributed by atoms with Gasteiger partial charge in [-0.15, -0.1) is 0 Å². The van der Waals surface area contributed by atoms with Crippen LogP contribution in [0.2, 0.25) is 0 Å². The summed E-state index contributed by atoms with van der Waals surface area (Å²) in [6.45, 7) is 8.70. The first-order valence-corrected chi connectivity index (χ1v) is 8.16. The highest BCUT2D eigenvalue weighted by Gasteiger charge is 2.44. The van der Waals surface area contributed by atoms with Crippen molar-refractivity contribution in [1.29, 1.82) is 0 Å². The summed E-state index contributed by atoms with van der Waals surface area (Å²) >= 11 is 0. The van der Waals surface area contributed by atoms with Gasteiger partial charge in [0.05, 0.1) is 5.56 Å². The summed E-state index contributed by atoms with van der Waals surface area (Å²) < 4.78 is 0. The van der Waals surface area contributed by atoms with Crippen LogP contribution in [-0.4, -0.2) is 16.4 Å². The lowest BCUT2D eigenvalue weighted by Crippen LogP contribution is -2.56. The van der Waals surface area contributed by atoms with Crippen LogP contribution < -0.4 is 5.32 Å². The lowest BCUT2D eigenvalue weighted by molar-refractivity contribution is 0.104.